The van der Waals surface area contributed by atoms with E-state index in [1.54, 1.807) is 11.0 Å². The second-order valence-corrected chi connectivity index (χ2v) is 6.04. The van der Waals surface area contributed by atoms with Crippen LogP contribution in [0.5, 0.6) is 0 Å². The van der Waals surface area contributed by atoms with Gasteiger partial charge in [-0.2, -0.15) is 0 Å². The summed E-state index contributed by atoms with van der Waals surface area (Å²) in [6.45, 7) is 3.63. The molecule has 0 aromatic heterocycles. The standard InChI is InChI=1S/C16H21ClFN3O2/c1-2-7-19-16(23)21-8-3-4-11(10-21)15(22)20-12-5-6-13(17)14(18)9-12/h5-6,9,11H,2-4,7-8,10H2,1H3,(H,19,23)(H,20,22). The number of amides is 3. The van der Waals surface area contributed by atoms with E-state index >= 15 is 0 Å². The summed E-state index contributed by atoms with van der Waals surface area (Å²) in [6.07, 6.45) is 2.34. The maximum atomic E-state index is 13.4. The van der Waals surface area contributed by atoms with E-state index in [2.05, 4.69) is 10.6 Å². The second-order valence-electron chi connectivity index (χ2n) is 5.64. The molecule has 1 atom stereocenters. The number of halogens is 2. The zero-order valence-electron chi connectivity index (χ0n) is 13.1. The van der Waals surface area contributed by atoms with Gasteiger partial charge in [0.2, 0.25) is 5.91 Å². The minimum atomic E-state index is -0.575. The highest BCUT2D eigenvalue weighted by molar-refractivity contribution is 6.30. The van der Waals surface area contributed by atoms with Crippen molar-refractivity contribution in [1.29, 1.82) is 0 Å². The Morgan fingerprint density at radius 1 is 1.43 bits per heavy atom. The van der Waals surface area contributed by atoms with E-state index < -0.39 is 5.82 Å². The van der Waals surface area contributed by atoms with Gasteiger partial charge in [-0.25, -0.2) is 9.18 Å². The molecule has 23 heavy (non-hydrogen) atoms. The van der Waals surface area contributed by atoms with Gasteiger partial charge in [-0.15, -0.1) is 0 Å². The van der Waals surface area contributed by atoms with Crippen molar-refractivity contribution >= 4 is 29.2 Å². The summed E-state index contributed by atoms with van der Waals surface area (Å²) in [6, 6.07) is 4.01. The van der Waals surface area contributed by atoms with Crippen molar-refractivity contribution in [1.82, 2.24) is 10.2 Å². The number of piperidine rings is 1. The lowest BCUT2D eigenvalue weighted by Gasteiger charge is -2.32. The molecule has 1 aliphatic heterocycles. The predicted molar refractivity (Wildman–Crippen MR) is 88.0 cm³/mol. The van der Waals surface area contributed by atoms with Crippen LogP contribution < -0.4 is 10.6 Å². The van der Waals surface area contributed by atoms with Crippen molar-refractivity contribution in [3.05, 3.63) is 29.0 Å². The van der Waals surface area contributed by atoms with E-state index in [4.69, 9.17) is 11.6 Å². The maximum absolute atomic E-state index is 13.4. The topological polar surface area (TPSA) is 61.4 Å². The van der Waals surface area contributed by atoms with Crippen LogP contribution in [-0.4, -0.2) is 36.5 Å². The number of anilines is 1. The van der Waals surface area contributed by atoms with E-state index in [-0.39, 0.29) is 22.9 Å². The third-order valence-electron chi connectivity index (χ3n) is 3.79. The van der Waals surface area contributed by atoms with Crippen LogP contribution >= 0.6 is 11.6 Å². The lowest BCUT2D eigenvalue weighted by Crippen LogP contribution is -2.48. The Morgan fingerprint density at radius 2 is 2.22 bits per heavy atom. The molecule has 1 aromatic rings. The summed E-state index contributed by atoms with van der Waals surface area (Å²) in [4.78, 5) is 26.0. The number of carbonyl (C=O) groups is 2. The lowest BCUT2D eigenvalue weighted by atomic mass is 9.97. The maximum Gasteiger partial charge on any atom is 0.317 e. The molecule has 0 saturated carbocycles. The van der Waals surface area contributed by atoms with Gasteiger partial charge in [0.05, 0.1) is 10.9 Å². The molecule has 126 valence electrons. The molecule has 5 nitrogen and oxygen atoms in total. The minimum Gasteiger partial charge on any atom is -0.338 e. The zero-order chi connectivity index (χ0) is 16.8. The quantitative estimate of drug-likeness (QED) is 0.883. The second kappa shape index (κ2) is 8.15. The van der Waals surface area contributed by atoms with Crippen molar-refractivity contribution in [3.63, 3.8) is 0 Å². The molecule has 2 rings (SSSR count). The summed E-state index contributed by atoms with van der Waals surface area (Å²) >= 11 is 5.62. The predicted octanol–water partition coefficient (Wildman–Crippen LogP) is 3.25. The van der Waals surface area contributed by atoms with Gasteiger partial charge in [-0.1, -0.05) is 18.5 Å². The van der Waals surface area contributed by atoms with Crippen LogP contribution in [0.4, 0.5) is 14.9 Å². The van der Waals surface area contributed by atoms with Gasteiger partial charge in [0.1, 0.15) is 5.82 Å². The molecule has 0 radical (unpaired) electrons. The van der Waals surface area contributed by atoms with Crippen LogP contribution in [0.3, 0.4) is 0 Å². The first-order valence-corrected chi connectivity index (χ1v) is 8.17. The highest BCUT2D eigenvalue weighted by atomic mass is 35.5. The van der Waals surface area contributed by atoms with Crippen LogP contribution in [-0.2, 0) is 4.79 Å². The molecule has 1 aromatic carbocycles. The summed E-state index contributed by atoms with van der Waals surface area (Å²) in [5.41, 5.74) is 0.365. The Balaban J connectivity index is 1.93. The molecule has 1 unspecified atom stereocenters. The van der Waals surface area contributed by atoms with Crippen LogP contribution in [0.25, 0.3) is 0 Å². The van der Waals surface area contributed by atoms with Gasteiger partial charge in [-0.05, 0) is 37.5 Å². The first-order chi connectivity index (χ1) is 11.0. The first-order valence-electron chi connectivity index (χ1n) is 7.80. The van der Waals surface area contributed by atoms with Gasteiger partial charge in [0.15, 0.2) is 0 Å². The van der Waals surface area contributed by atoms with Gasteiger partial charge in [-0.3, -0.25) is 4.79 Å². The molecule has 1 saturated heterocycles. The molecule has 2 N–H and O–H groups in total. The van der Waals surface area contributed by atoms with Crippen molar-refractivity contribution in [2.45, 2.75) is 26.2 Å². The normalized spacial score (nSPS) is 17.7. The smallest absolute Gasteiger partial charge is 0.317 e. The number of nitrogens with zero attached hydrogens (tertiary/aromatic N) is 1. The monoisotopic (exact) mass is 341 g/mol. The fraction of sp³-hybridized carbons (Fsp3) is 0.500. The van der Waals surface area contributed by atoms with Gasteiger partial charge in [0, 0.05) is 25.3 Å². The van der Waals surface area contributed by atoms with E-state index in [1.807, 2.05) is 6.92 Å². The average molecular weight is 342 g/mol. The number of likely N-dealkylation sites (tertiary alicyclic amines) is 1. The van der Waals surface area contributed by atoms with Gasteiger partial charge in [0.25, 0.3) is 0 Å². The van der Waals surface area contributed by atoms with E-state index in [0.29, 0.717) is 31.7 Å². The Bertz CT molecular complexity index is 582. The summed E-state index contributed by atoms with van der Waals surface area (Å²) in [5, 5.41) is 5.52. The molecule has 1 heterocycles. The Kier molecular flexibility index (Phi) is 6.21. The Labute approximate surface area is 140 Å². The summed E-state index contributed by atoms with van der Waals surface area (Å²) in [5.74, 6) is -1.08. The fourth-order valence-electron chi connectivity index (χ4n) is 2.54. The fourth-order valence-corrected chi connectivity index (χ4v) is 2.66. The summed E-state index contributed by atoms with van der Waals surface area (Å²) < 4.78 is 13.4. The lowest BCUT2D eigenvalue weighted by molar-refractivity contribution is -0.121. The Hall–Kier alpha value is -1.82. The number of urea groups is 1. The third kappa shape index (κ3) is 4.82. The average Bonchev–Trinajstić information content (AvgIpc) is 2.56. The van der Waals surface area contributed by atoms with Crippen molar-refractivity contribution in [2.24, 2.45) is 5.92 Å². The molecule has 1 fully saturated rings. The van der Waals surface area contributed by atoms with Crippen LogP contribution in [0.15, 0.2) is 18.2 Å². The number of hydrogen-bond acceptors (Lipinski definition) is 2. The van der Waals surface area contributed by atoms with Crippen LogP contribution in [0.2, 0.25) is 5.02 Å². The van der Waals surface area contributed by atoms with Crippen molar-refractivity contribution < 1.29 is 14.0 Å². The minimum absolute atomic E-state index is 0.0134. The number of carbonyl (C=O) groups excluding carboxylic acids is 2. The zero-order valence-corrected chi connectivity index (χ0v) is 13.8. The van der Waals surface area contributed by atoms with Gasteiger partial charge >= 0.3 is 6.03 Å². The molecular formula is C16H21ClFN3O2. The number of rotatable bonds is 4. The molecule has 0 aliphatic carbocycles. The molecular weight excluding hydrogens is 321 g/mol. The highest BCUT2D eigenvalue weighted by Gasteiger charge is 2.28. The van der Waals surface area contributed by atoms with Gasteiger partial charge < -0.3 is 15.5 Å². The van der Waals surface area contributed by atoms with Crippen LogP contribution in [0.1, 0.15) is 26.2 Å². The van der Waals surface area contributed by atoms with E-state index in [0.717, 1.165) is 12.8 Å². The van der Waals surface area contributed by atoms with Crippen LogP contribution in [0, 0.1) is 11.7 Å². The van der Waals surface area contributed by atoms with E-state index in [1.165, 1.54) is 12.1 Å². The summed E-state index contributed by atoms with van der Waals surface area (Å²) in [7, 11) is 0. The number of benzene rings is 1. The number of nitrogens with one attached hydrogen (secondary N) is 2. The number of hydrogen-bond donors (Lipinski definition) is 2. The molecule has 0 bridgehead atoms. The largest absolute Gasteiger partial charge is 0.338 e. The molecule has 7 heteroatoms. The third-order valence-corrected chi connectivity index (χ3v) is 4.10. The molecule has 1 aliphatic rings. The van der Waals surface area contributed by atoms with E-state index in [9.17, 15) is 14.0 Å². The molecule has 3 amide bonds. The highest BCUT2D eigenvalue weighted by Crippen LogP contribution is 2.22. The SMILES string of the molecule is CCCNC(=O)N1CCCC(C(=O)Nc2ccc(Cl)c(F)c2)C1. The van der Waals surface area contributed by atoms with Crippen molar-refractivity contribution in [2.75, 3.05) is 25.0 Å². The Morgan fingerprint density at radius 3 is 2.91 bits per heavy atom. The molecule has 0 spiro atoms. The van der Waals surface area contributed by atoms with Crippen molar-refractivity contribution in [3.8, 4) is 0 Å². The first kappa shape index (κ1) is 17.5.